The summed E-state index contributed by atoms with van der Waals surface area (Å²) in [6, 6.07) is 9.38. The number of aromatic amines is 1. The second kappa shape index (κ2) is 8.44. The molecular formula is C21H17ClF2N4O3S. The zero-order valence-electron chi connectivity index (χ0n) is 16.9. The first-order chi connectivity index (χ1) is 15.2. The normalized spacial score (nSPS) is 11.9. The molecule has 0 amide bonds. The van der Waals surface area contributed by atoms with Crippen LogP contribution in [0.15, 0.2) is 42.5 Å². The molecular weight excluding hydrogens is 462 g/mol. The van der Waals surface area contributed by atoms with E-state index < -0.39 is 32.5 Å². The number of rotatable bonds is 6. The number of ether oxygens (including phenoxy) is 1. The molecule has 0 spiro atoms. The molecule has 0 atom stereocenters. The SMILES string of the molecule is CC(C)S(=O)(=O)Cc1nc(Oc2ccc(F)cc2F)nc2[nH]nc(-c3ccccc3Cl)c12. The lowest BCUT2D eigenvalue weighted by Crippen LogP contribution is -2.17. The van der Waals surface area contributed by atoms with Crippen molar-refractivity contribution in [3.8, 4) is 23.0 Å². The molecule has 1 N–H and O–H groups in total. The minimum atomic E-state index is -3.58. The first-order valence-corrected chi connectivity index (χ1v) is 11.6. The molecule has 0 bridgehead atoms. The van der Waals surface area contributed by atoms with E-state index in [9.17, 15) is 17.2 Å². The average Bonchev–Trinajstić information content (AvgIpc) is 3.14. The maximum Gasteiger partial charge on any atom is 0.324 e. The Kier molecular flexibility index (Phi) is 5.83. The fraction of sp³-hybridized carbons (Fsp3) is 0.190. The van der Waals surface area contributed by atoms with Crippen LogP contribution in [0.3, 0.4) is 0 Å². The largest absolute Gasteiger partial charge is 0.421 e. The summed E-state index contributed by atoms with van der Waals surface area (Å²) < 4.78 is 58.0. The van der Waals surface area contributed by atoms with Crippen LogP contribution in [-0.2, 0) is 15.6 Å². The predicted molar refractivity (Wildman–Crippen MR) is 116 cm³/mol. The van der Waals surface area contributed by atoms with Crippen molar-refractivity contribution in [2.45, 2.75) is 24.9 Å². The Morgan fingerprint density at radius 3 is 2.56 bits per heavy atom. The van der Waals surface area contributed by atoms with E-state index in [1.165, 1.54) is 0 Å². The van der Waals surface area contributed by atoms with Crippen LogP contribution in [0, 0.1) is 11.6 Å². The zero-order chi connectivity index (χ0) is 23.0. The molecule has 7 nitrogen and oxygen atoms in total. The molecule has 0 saturated heterocycles. The third-order valence-electron chi connectivity index (χ3n) is 4.75. The number of hydrogen-bond acceptors (Lipinski definition) is 6. The van der Waals surface area contributed by atoms with Crippen LogP contribution in [-0.4, -0.2) is 33.8 Å². The van der Waals surface area contributed by atoms with Crippen molar-refractivity contribution in [1.82, 2.24) is 20.2 Å². The predicted octanol–water partition coefficient (Wildman–Crippen LogP) is 5.07. The molecule has 2 aromatic heterocycles. The molecule has 0 aliphatic carbocycles. The lowest BCUT2D eigenvalue weighted by atomic mass is 10.1. The monoisotopic (exact) mass is 478 g/mol. The van der Waals surface area contributed by atoms with Crippen molar-refractivity contribution >= 4 is 32.5 Å². The van der Waals surface area contributed by atoms with E-state index in [2.05, 4.69) is 20.2 Å². The third kappa shape index (κ3) is 4.28. The summed E-state index contributed by atoms with van der Waals surface area (Å²) in [4.78, 5) is 8.44. The van der Waals surface area contributed by atoms with Crippen LogP contribution in [0.4, 0.5) is 8.78 Å². The van der Waals surface area contributed by atoms with Crippen molar-refractivity contribution in [2.24, 2.45) is 0 Å². The summed E-state index contributed by atoms with van der Waals surface area (Å²) in [5, 5.41) is 7.08. The molecule has 0 radical (unpaired) electrons. The first kappa shape index (κ1) is 22.1. The number of H-pyrrole nitrogens is 1. The summed E-state index contributed by atoms with van der Waals surface area (Å²) in [6.07, 6.45) is 0. The topological polar surface area (TPSA) is 97.8 Å². The van der Waals surface area contributed by atoms with Crippen LogP contribution in [0.5, 0.6) is 11.8 Å². The van der Waals surface area contributed by atoms with Gasteiger partial charge >= 0.3 is 6.01 Å². The molecule has 4 rings (SSSR count). The molecule has 0 fully saturated rings. The van der Waals surface area contributed by atoms with Crippen molar-refractivity contribution in [3.63, 3.8) is 0 Å². The number of halogens is 3. The highest BCUT2D eigenvalue weighted by molar-refractivity contribution is 7.91. The minimum absolute atomic E-state index is 0.116. The van der Waals surface area contributed by atoms with Gasteiger partial charge in [0.05, 0.1) is 27.1 Å². The van der Waals surface area contributed by atoms with Crippen LogP contribution >= 0.6 is 11.6 Å². The Balaban J connectivity index is 1.89. The van der Waals surface area contributed by atoms with Gasteiger partial charge in [-0.05, 0) is 32.0 Å². The molecule has 32 heavy (non-hydrogen) atoms. The summed E-state index contributed by atoms with van der Waals surface area (Å²) >= 11 is 6.31. The standard InChI is InChI=1S/C21H17ClF2N4O3S/c1-11(2)32(29,30)10-16-18-19(13-5-3-4-6-14(13)22)27-28-20(18)26-21(25-16)31-17-8-7-12(23)9-15(17)24/h3-9,11H,10H2,1-2H3,(H,25,26,27,28). The highest BCUT2D eigenvalue weighted by atomic mass is 35.5. The molecule has 0 unspecified atom stereocenters. The van der Waals surface area contributed by atoms with Crippen LogP contribution < -0.4 is 4.74 Å². The Morgan fingerprint density at radius 2 is 1.88 bits per heavy atom. The fourth-order valence-corrected chi connectivity index (χ4v) is 4.14. The second-order valence-electron chi connectivity index (χ2n) is 7.26. The maximum atomic E-state index is 14.0. The lowest BCUT2D eigenvalue weighted by molar-refractivity contribution is 0.408. The molecule has 11 heteroatoms. The average molecular weight is 479 g/mol. The highest BCUT2D eigenvalue weighted by Crippen LogP contribution is 2.34. The second-order valence-corrected chi connectivity index (χ2v) is 10.2. The van der Waals surface area contributed by atoms with E-state index in [1.807, 2.05) is 0 Å². The van der Waals surface area contributed by atoms with Crippen molar-refractivity contribution in [2.75, 3.05) is 0 Å². The highest BCUT2D eigenvalue weighted by Gasteiger charge is 2.25. The van der Waals surface area contributed by atoms with E-state index in [1.54, 1.807) is 38.1 Å². The number of hydrogen-bond donors (Lipinski definition) is 1. The van der Waals surface area contributed by atoms with Gasteiger partial charge in [0.15, 0.2) is 27.1 Å². The summed E-state index contributed by atoms with van der Waals surface area (Å²) in [6.45, 7) is 3.12. The Hall–Kier alpha value is -3.11. The smallest absolute Gasteiger partial charge is 0.324 e. The quantitative estimate of drug-likeness (QED) is 0.415. The van der Waals surface area contributed by atoms with Crippen molar-refractivity contribution < 1.29 is 21.9 Å². The van der Waals surface area contributed by atoms with Crippen molar-refractivity contribution in [3.05, 3.63) is 64.8 Å². The van der Waals surface area contributed by atoms with E-state index in [4.69, 9.17) is 16.3 Å². The number of nitrogens with zero attached hydrogens (tertiary/aromatic N) is 3. The summed E-state index contributed by atoms with van der Waals surface area (Å²) in [5.41, 5.74) is 1.23. The molecule has 2 aromatic carbocycles. The van der Waals surface area contributed by atoms with Gasteiger partial charge in [0, 0.05) is 11.6 Å². The molecule has 4 aromatic rings. The van der Waals surface area contributed by atoms with Gasteiger partial charge in [0.1, 0.15) is 11.5 Å². The third-order valence-corrected chi connectivity index (χ3v) is 7.20. The lowest BCUT2D eigenvalue weighted by Gasteiger charge is -2.11. The fourth-order valence-electron chi connectivity index (χ4n) is 2.99. The van der Waals surface area contributed by atoms with Gasteiger partial charge in [-0.15, -0.1) is 0 Å². The first-order valence-electron chi connectivity index (χ1n) is 9.50. The van der Waals surface area contributed by atoms with Gasteiger partial charge in [-0.25, -0.2) is 17.2 Å². The Morgan fingerprint density at radius 1 is 1.12 bits per heavy atom. The van der Waals surface area contributed by atoms with Gasteiger partial charge in [-0.3, -0.25) is 5.10 Å². The van der Waals surface area contributed by atoms with Crippen molar-refractivity contribution in [1.29, 1.82) is 0 Å². The van der Waals surface area contributed by atoms with Crippen LogP contribution in [0.2, 0.25) is 5.02 Å². The number of aromatic nitrogens is 4. The number of sulfone groups is 1. The van der Waals surface area contributed by atoms with Gasteiger partial charge in [-0.2, -0.15) is 15.1 Å². The molecule has 0 aliphatic rings. The van der Waals surface area contributed by atoms with E-state index >= 15 is 0 Å². The van der Waals surface area contributed by atoms with Gasteiger partial charge < -0.3 is 4.74 Å². The van der Waals surface area contributed by atoms with Crippen LogP contribution in [0.1, 0.15) is 19.5 Å². The molecule has 166 valence electrons. The Labute approximate surface area is 187 Å². The molecule has 0 aliphatic heterocycles. The van der Waals surface area contributed by atoms with Gasteiger partial charge in [0.25, 0.3) is 0 Å². The number of fused-ring (bicyclic) bond motifs is 1. The zero-order valence-corrected chi connectivity index (χ0v) is 18.5. The number of benzene rings is 2. The minimum Gasteiger partial charge on any atom is -0.421 e. The van der Waals surface area contributed by atoms with Gasteiger partial charge in [0.2, 0.25) is 0 Å². The van der Waals surface area contributed by atoms with Crippen LogP contribution in [0.25, 0.3) is 22.3 Å². The molecule has 2 heterocycles. The van der Waals surface area contributed by atoms with Gasteiger partial charge in [-0.1, -0.05) is 29.8 Å². The summed E-state index contributed by atoms with van der Waals surface area (Å²) in [7, 11) is -3.58. The van der Waals surface area contributed by atoms with E-state index in [-0.39, 0.29) is 23.1 Å². The number of nitrogens with one attached hydrogen (secondary N) is 1. The Bertz CT molecular complexity index is 1420. The maximum absolute atomic E-state index is 14.0. The summed E-state index contributed by atoms with van der Waals surface area (Å²) in [5.74, 6) is -2.46. The van der Waals surface area contributed by atoms with E-state index in [0.29, 0.717) is 27.7 Å². The van der Waals surface area contributed by atoms with E-state index in [0.717, 1.165) is 12.1 Å². The molecule has 0 saturated carbocycles.